The summed E-state index contributed by atoms with van der Waals surface area (Å²) in [6.07, 6.45) is 1.23. The molecule has 1 amide bonds. The zero-order chi connectivity index (χ0) is 19.4. The number of hydrogen-bond acceptors (Lipinski definition) is 5. The van der Waals surface area contributed by atoms with Gasteiger partial charge in [0.15, 0.2) is 0 Å². The Morgan fingerprint density at radius 1 is 1.14 bits per heavy atom. The molecule has 162 valence electrons. The molecule has 0 aliphatic carbocycles. The number of piperazine rings is 1. The molecule has 2 aromatic rings. The van der Waals surface area contributed by atoms with Crippen LogP contribution in [-0.4, -0.2) is 46.9 Å². The highest BCUT2D eigenvalue weighted by atomic mass is 35.5. The van der Waals surface area contributed by atoms with Gasteiger partial charge in [0.05, 0.1) is 10.7 Å². The third kappa shape index (κ3) is 7.14. The Morgan fingerprint density at radius 2 is 1.79 bits per heavy atom. The summed E-state index contributed by atoms with van der Waals surface area (Å²) < 4.78 is 0. The summed E-state index contributed by atoms with van der Waals surface area (Å²) in [6.45, 7) is 10.9. The van der Waals surface area contributed by atoms with Crippen molar-refractivity contribution in [1.29, 1.82) is 0 Å². The van der Waals surface area contributed by atoms with Gasteiger partial charge in [0.25, 0.3) is 0 Å². The first-order valence-corrected chi connectivity index (χ1v) is 10.5. The maximum absolute atomic E-state index is 12.5. The number of amides is 1. The minimum Gasteiger partial charge on any atom is -0.399 e. The van der Waals surface area contributed by atoms with Crippen LogP contribution in [0.25, 0.3) is 0 Å². The number of carbonyl (C=O) groups excluding carboxylic acids is 1. The monoisotopic (exact) mass is 458 g/mol. The average Bonchev–Trinajstić information content (AvgIpc) is 3.10. The molecule has 8 heteroatoms. The van der Waals surface area contributed by atoms with Crippen LogP contribution in [0.4, 0.5) is 5.69 Å². The fourth-order valence-corrected chi connectivity index (χ4v) is 4.17. The minimum atomic E-state index is 0. The van der Waals surface area contributed by atoms with Gasteiger partial charge in [-0.1, -0.05) is 39.0 Å². The molecule has 1 saturated heterocycles. The van der Waals surface area contributed by atoms with Gasteiger partial charge in [0.1, 0.15) is 0 Å². The Morgan fingerprint density at radius 3 is 2.38 bits per heavy atom. The van der Waals surface area contributed by atoms with Crippen LogP contribution in [0.1, 0.15) is 43.5 Å². The lowest BCUT2D eigenvalue weighted by atomic mass is 9.98. The molecule has 0 unspecified atom stereocenters. The first kappa shape index (κ1) is 25.7. The highest BCUT2D eigenvalue weighted by Crippen LogP contribution is 2.26. The van der Waals surface area contributed by atoms with Crippen molar-refractivity contribution in [2.75, 3.05) is 31.9 Å². The highest BCUT2D eigenvalue weighted by molar-refractivity contribution is 7.09. The third-order valence-corrected chi connectivity index (χ3v) is 6.28. The number of halogens is 2. The molecule has 3 rings (SSSR count). The summed E-state index contributed by atoms with van der Waals surface area (Å²) in [4.78, 5) is 21.7. The quantitative estimate of drug-likeness (QED) is 0.683. The number of aryl methyl sites for hydroxylation is 1. The van der Waals surface area contributed by atoms with Crippen molar-refractivity contribution in [2.24, 2.45) is 0 Å². The molecule has 0 saturated carbocycles. The molecule has 5 nitrogen and oxygen atoms in total. The average molecular weight is 459 g/mol. The molecular weight excluding hydrogens is 427 g/mol. The van der Waals surface area contributed by atoms with E-state index in [0.29, 0.717) is 12.8 Å². The van der Waals surface area contributed by atoms with Gasteiger partial charge in [-0.15, -0.1) is 36.2 Å². The first-order chi connectivity index (χ1) is 12.8. The van der Waals surface area contributed by atoms with Crippen LogP contribution in [0, 0.1) is 0 Å². The first-order valence-electron chi connectivity index (χ1n) is 9.61. The van der Waals surface area contributed by atoms with E-state index in [0.717, 1.165) is 49.7 Å². The van der Waals surface area contributed by atoms with Crippen molar-refractivity contribution in [3.05, 3.63) is 45.9 Å². The number of benzene rings is 1. The van der Waals surface area contributed by atoms with Crippen molar-refractivity contribution in [2.45, 2.75) is 45.6 Å². The number of nitrogens with two attached hydrogens (primary N) is 1. The minimum absolute atomic E-state index is 0. The van der Waals surface area contributed by atoms with E-state index < -0.39 is 0 Å². The molecular formula is C21H32Cl2N4OS. The summed E-state index contributed by atoms with van der Waals surface area (Å²) >= 11 is 1.74. The lowest BCUT2D eigenvalue weighted by Crippen LogP contribution is -2.48. The molecule has 1 aliphatic heterocycles. The number of carbonyl (C=O) groups is 1. The van der Waals surface area contributed by atoms with Gasteiger partial charge in [-0.05, 0) is 18.1 Å². The van der Waals surface area contributed by atoms with E-state index in [9.17, 15) is 4.79 Å². The second-order valence-electron chi connectivity index (χ2n) is 8.25. The van der Waals surface area contributed by atoms with Gasteiger partial charge in [0.2, 0.25) is 5.91 Å². The van der Waals surface area contributed by atoms with Gasteiger partial charge in [-0.2, -0.15) is 0 Å². The topological polar surface area (TPSA) is 62.5 Å². The molecule has 29 heavy (non-hydrogen) atoms. The summed E-state index contributed by atoms with van der Waals surface area (Å²) in [7, 11) is 0. The van der Waals surface area contributed by atoms with Crippen LogP contribution in [0.2, 0.25) is 0 Å². The molecule has 1 aromatic heterocycles. The van der Waals surface area contributed by atoms with E-state index in [4.69, 9.17) is 10.7 Å². The van der Waals surface area contributed by atoms with Gasteiger partial charge < -0.3 is 10.6 Å². The Kier molecular flexibility index (Phi) is 9.89. The van der Waals surface area contributed by atoms with Gasteiger partial charge >= 0.3 is 0 Å². The molecule has 1 aromatic carbocycles. The second kappa shape index (κ2) is 11.2. The van der Waals surface area contributed by atoms with Gasteiger partial charge in [-0.3, -0.25) is 9.69 Å². The maximum Gasteiger partial charge on any atom is 0.222 e. The number of rotatable bonds is 5. The molecule has 0 radical (unpaired) electrons. The van der Waals surface area contributed by atoms with Crippen molar-refractivity contribution < 1.29 is 4.79 Å². The number of hydrogen-bond donors (Lipinski definition) is 1. The Labute approximate surface area is 190 Å². The van der Waals surface area contributed by atoms with E-state index in [2.05, 4.69) is 31.1 Å². The lowest BCUT2D eigenvalue weighted by Gasteiger charge is -2.34. The molecule has 0 atom stereocenters. The Hall–Kier alpha value is -1.34. The fourth-order valence-electron chi connectivity index (χ4n) is 3.27. The molecule has 1 fully saturated rings. The number of anilines is 1. The smallest absolute Gasteiger partial charge is 0.222 e. The standard InChI is InChI=1S/C21H30N4OS.2ClH/c1-21(2,3)20-23-17(15-27-20)14-24-10-12-25(13-11-24)19(26)9-8-16-6-4-5-7-18(16)22;;/h4-7,15H,8-14,22H2,1-3H3;2*1H. The van der Waals surface area contributed by atoms with Crippen molar-refractivity contribution in [1.82, 2.24) is 14.8 Å². The molecule has 0 spiro atoms. The van der Waals surface area contributed by atoms with Crippen LogP contribution in [0.3, 0.4) is 0 Å². The Bertz CT molecular complexity index is 783. The molecule has 2 N–H and O–H groups in total. The highest BCUT2D eigenvalue weighted by Gasteiger charge is 2.23. The van der Waals surface area contributed by atoms with Crippen LogP contribution in [0.5, 0.6) is 0 Å². The SMILES string of the molecule is CC(C)(C)c1nc(CN2CCN(C(=O)CCc3ccccc3N)CC2)cs1.Cl.Cl. The number of aromatic nitrogens is 1. The lowest BCUT2D eigenvalue weighted by molar-refractivity contribution is -0.133. The zero-order valence-corrected chi connectivity index (χ0v) is 19.8. The van der Waals surface area contributed by atoms with Gasteiger partial charge in [0, 0.05) is 55.6 Å². The molecule has 2 heterocycles. The summed E-state index contributed by atoms with van der Waals surface area (Å²) in [5.41, 5.74) is 9.05. The number of thiazole rings is 1. The Balaban J connectivity index is 0.00000210. The van der Waals surface area contributed by atoms with Crippen molar-refractivity contribution >= 4 is 47.7 Å². The molecule has 1 aliphatic rings. The van der Waals surface area contributed by atoms with Gasteiger partial charge in [-0.25, -0.2) is 4.98 Å². The predicted molar refractivity (Wildman–Crippen MR) is 126 cm³/mol. The summed E-state index contributed by atoms with van der Waals surface area (Å²) in [6, 6.07) is 7.79. The zero-order valence-electron chi connectivity index (χ0n) is 17.4. The van der Waals surface area contributed by atoms with Crippen molar-refractivity contribution in [3.63, 3.8) is 0 Å². The van der Waals surface area contributed by atoms with Crippen LogP contribution in [0.15, 0.2) is 29.6 Å². The van der Waals surface area contributed by atoms with Crippen molar-refractivity contribution in [3.8, 4) is 0 Å². The van der Waals surface area contributed by atoms with E-state index in [1.165, 1.54) is 5.01 Å². The fraction of sp³-hybridized carbons (Fsp3) is 0.524. The number of para-hydroxylation sites is 1. The number of nitrogen functional groups attached to an aromatic ring is 1. The summed E-state index contributed by atoms with van der Waals surface area (Å²) in [5, 5.41) is 3.36. The van der Waals surface area contributed by atoms with Crippen LogP contribution >= 0.6 is 36.2 Å². The third-order valence-electron chi connectivity index (χ3n) is 4.97. The largest absolute Gasteiger partial charge is 0.399 e. The maximum atomic E-state index is 12.5. The van der Waals surface area contributed by atoms with Crippen LogP contribution < -0.4 is 5.73 Å². The number of nitrogens with zero attached hydrogens (tertiary/aromatic N) is 3. The van der Waals surface area contributed by atoms with E-state index in [-0.39, 0.29) is 36.1 Å². The van der Waals surface area contributed by atoms with E-state index >= 15 is 0 Å². The van der Waals surface area contributed by atoms with E-state index in [1.54, 1.807) is 11.3 Å². The van der Waals surface area contributed by atoms with E-state index in [1.807, 2.05) is 29.2 Å². The summed E-state index contributed by atoms with van der Waals surface area (Å²) in [5.74, 6) is 0.224. The second-order valence-corrected chi connectivity index (χ2v) is 9.11. The molecule has 0 bridgehead atoms. The van der Waals surface area contributed by atoms with Crippen LogP contribution in [-0.2, 0) is 23.2 Å². The normalized spacial score (nSPS) is 14.8. The predicted octanol–water partition coefficient (Wildman–Crippen LogP) is 4.14.